The average Bonchev–Trinajstić information content (AvgIpc) is 3.01. The molecule has 2 aliphatic rings. The smallest absolute Gasteiger partial charge is 0.334 e. The summed E-state index contributed by atoms with van der Waals surface area (Å²) in [6.45, 7) is 10.3. The van der Waals surface area contributed by atoms with Crippen molar-refractivity contribution < 1.29 is 19.4 Å². The number of fused-ring (bicyclic) bond motifs is 1. The van der Waals surface area contributed by atoms with Crippen molar-refractivity contribution in [2.45, 2.75) is 78.4 Å². The highest BCUT2D eigenvalue weighted by Crippen LogP contribution is 2.38. The summed E-state index contributed by atoms with van der Waals surface area (Å²) in [6.07, 6.45) is 14.3. The van der Waals surface area contributed by atoms with Crippen LogP contribution in [-0.2, 0) is 9.53 Å². The maximum atomic E-state index is 12.1. The molecule has 0 aromatic heterocycles. The van der Waals surface area contributed by atoms with Gasteiger partial charge in [-0.1, -0.05) is 29.4 Å². The third kappa shape index (κ3) is 6.13. The molecule has 0 radical (unpaired) electrons. The van der Waals surface area contributed by atoms with Crippen LogP contribution in [0.5, 0.6) is 11.5 Å². The molecule has 0 saturated carbocycles. The monoisotopic (exact) mass is 422 g/mol. The minimum absolute atomic E-state index is 0.158. The van der Waals surface area contributed by atoms with Crippen LogP contribution in [0.4, 0.5) is 0 Å². The van der Waals surface area contributed by atoms with Gasteiger partial charge in [-0.05, 0) is 90.2 Å². The van der Waals surface area contributed by atoms with Crippen LogP contribution < -0.4 is 4.74 Å². The van der Waals surface area contributed by atoms with E-state index in [-0.39, 0.29) is 23.4 Å². The lowest BCUT2D eigenvalue weighted by atomic mass is 9.93. The first-order valence-corrected chi connectivity index (χ1v) is 11.1. The molecule has 0 aliphatic carbocycles. The second-order valence-corrected chi connectivity index (χ2v) is 9.18. The number of carbonyl (C=O) groups excluding carboxylic acids is 1. The Hall–Kier alpha value is -2.75. The van der Waals surface area contributed by atoms with E-state index in [1.807, 2.05) is 19.1 Å². The molecule has 0 bridgehead atoms. The van der Waals surface area contributed by atoms with Crippen molar-refractivity contribution >= 4 is 12.0 Å². The van der Waals surface area contributed by atoms with Crippen LogP contribution in [-0.4, -0.2) is 22.8 Å². The number of phenols is 1. The van der Waals surface area contributed by atoms with E-state index in [9.17, 15) is 9.90 Å². The van der Waals surface area contributed by atoms with Gasteiger partial charge < -0.3 is 14.6 Å². The summed E-state index contributed by atoms with van der Waals surface area (Å²) in [5.41, 5.74) is 4.74. The summed E-state index contributed by atoms with van der Waals surface area (Å²) in [6, 6.07) is 3.46. The maximum absolute atomic E-state index is 12.1. The molecule has 1 aromatic rings. The van der Waals surface area contributed by atoms with Gasteiger partial charge in [-0.2, -0.15) is 0 Å². The third-order valence-corrected chi connectivity index (χ3v) is 5.77. The Labute approximate surface area is 186 Å². The number of phenolic OH excluding ortho intramolecular Hbond substituents is 1. The number of rotatable bonds is 8. The minimum Gasteiger partial charge on any atom is -0.508 e. The van der Waals surface area contributed by atoms with Gasteiger partial charge in [0.25, 0.3) is 0 Å². The van der Waals surface area contributed by atoms with Crippen LogP contribution in [0.3, 0.4) is 0 Å². The molecule has 0 amide bonds. The van der Waals surface area contributed by atoms with Crippen LogP contribution in [0.15, 0.2) is 53.2 Å². The lowest BCUT2D eigenvalue weighted by molar-refractivity contribution is -0.139. The Bertz CT molecular complexity index is 960. The Morgan fingerprint density at radius 2 is 1.97 bits per heavy atom. The fraction of sp³-hybridized carbons (Fsp3) is 0.444. The topological polar surface area (TPSA) is 55.8 Å². The minimum atomic E-state index is -0.386. The molecule has 1 N–H and O–H groups in total. The molecule has 0 unspecified atom stereocenters. The van der Waals surface area contributed by atoms with E-state index in [1.165, 1.54) is 11.1 Å². The van der Waals surface area contributed by atoms with Gasteiger partial charge in [0, 0.05) is 17.6 Å². The first-order valence-electron chi connectivity index (χ1n) is 11.1. The second kappa shape index (κ2) is 9.59. The lowest BCUT2D eigenvalue weighted by Crippen LogP contribution is -2.32. The molecule has 166 valence electrons. The summed E-state index contributed by atoms with van der Waals surface area (Å²) < 4.78 is 11.8. The molecule has 4 heteroatoms. The summed E-state index contributed by atoms with van der Waals surface area (Å²) in [4.78, 5) is 12.1. The van der Waals surface area contributed by atoms with E-state index in [2.05, 4.69) is 45.9 Å². The summed E-state index contributed by atoms with van der Waals surface area (Å²) in [5, 5.41) is 9.78. The number of hydrogen-bond acceptors (Lipinski definition) is 4. The number of aryl methyl sites for hydroxylation is 1. The average molecular weight is 423 g/mol. The number of hydrogen-bond donors (Lipinski definition) is 1. The van der Waals surface area contributed by atoms with E-state index in [1.54, 1.807) is 12.1 Å². The molecule has 1 aromatic carbocycles. The van der Waals surface area contributed by atoms with Crippen molar-refractivity contribution in [2.75, 3.05) is 0 Å². The van der Waals surface area contributed by atoms with Crippen LogP contribution >= 0.6 is 0 Å². The van der Waals surface area contributed by atoms with E-state index >= 15 is 0 Å². The van der Waals surface area contributed by atoms with Gasteiger partial charge in [0.2, 0.25) is 0 Å². The number of cyclic esters (lactones) is 1. The lowest BCUT2D eigenvalue weighted by Gasteiger charge is -2.32. The molecule has 2 atom stereocenters. The van der Waals surface area contributed by atoms with Crippen LogP contribution in [0.1, 0.15) is 70.9 Å². The fourth-order valence-corrected chi connectivity index (χ4v) is 4.06. The van der Waals surface area contributed by atoms with E-state index in [0.29, 0.717) is 0 Å². The van der Waals surface area contributed by atoms with Gasteiger partial charge in [0.05, 0.1) is 0 Å². The van der Waals surface area contributed by atoms with Gasteiger partial charge in [0.1, 0.15) is 23.2 Å². The number of esters is 1. The van der Waals surface area contributed by atoms with Crippen LogP contribution in [0.25, 0.3) is 6.08 Å². The van der Waals surface area contributed by atoms with Crippen molar-refractivity contribution in [3.63, 3.8) is 0 Å². The van der Waals surface area contributed by atoms with Gasteiger partial charge in [-0.25, -0.2) is 4.79 Å². The molecule has 0 saturated heterocycles. The Kier molecular flexibility index (Phi) is 7.09. The molecule has 31 heavy (non-hydrogen) atoms. The highest BCUT2D eigenvalue weighted by Gasteiger charge is 2.28. The van der Waals surface area contributed by atoms with Crippen molar-refractivity contribution in [3.8, 4) is 11.5 Å². The van der Waals surface area contributed by atoms with Gasteiger partial charge in [-0.3, -0.25) is 0 Å². The Balaban J connectivity index is 1.53. The predicted molar refractivity (Wildman–Crippen MR) is 125 cm³/mol. The Morgan fingerprint density at radius 3 is 2.71 bits per heavy atom. The molecule has 4 nitrogen and oxygen atoms in total. The third-order valence-electron chi connectivity index (χ3n) is 5.77. The second-order valence-electron chi connectivity index (χ2n) is 9.18. The molecule has 2 aliphatic heterocycles. The van der Waals surface area contributed by atoms with Gasteiger partial charge in [0.15, 0.2) is 0 Å². The number of aromatic hydroxyl groups is 1. The quantitative estimate of drug-likeness (QED) is 0.380. The van der Waals surface area contributed by atoms with Gasteiger partial charge in [-0.15, -0.1) is 0 Å². The van der Waals surface area contributed by atoms with Crippen molar-refractivity contribution in [1.82, 2.24) is 0 Å². The number of ether oxygens (including phenoxy) is 2. The van der Waals surface area contributed by atoms with Crippen molar-refractivity contribution in [3.05, 3.63) is 64.3 Å². The number of benzene rings is 1. The predicted octanol–water partition coefficient (Wildman–Crippen LogP) is 6.58. The first kappa shape index (κ1) is 22.9. The zero-order valence-electron chi connectivity index (χ0n) is 19.3. The number of allylic oxidation sites excluding steroid dienone is 3. The van der Waals surface area contributed by atoms with Crippen molar-refractivity contribution in [2.24, 2.45) is 0 Å². The van der Waals surface area contributed by atoms with Crippen LogP contribution in [0.2, 0.25) is 0 Å². The Morgan fingerprint density at radius 1 is 1.19 bits per heavy atom. The fourth-order valence-electron chi connectivity index (χ4n) is 4.06. The van der Waals surface area contributed by atoms with E-state index in [4.69, 9.17) is 9.47 Å². The molecule has 0 fully saturated rings. The van der Waals surface area contributed by atoms with Gasteiger partial charge >= 0.3 is 5.97 Å². The van der Waals surface area contributed by atoms with E-state index in [0.717, 1.165) is 54.6 Å². The highest BCUT2D eigenvalue weighted by atomic mass is 16.5. The zero-order valence-corrected chi connectivity index (χ0v) is 19.3. The normalized spacial score (nSPS) is 22.5. The highest BCUT2D eigenvalue weighted by molar-refractivity contribution is 5.90. The van der Waals surface area contributed by atoms with Crippen molar-refractivity contribution in [1.29, 1.82) is 0 Å². The molecular formula is C27H34O4. The molecule has 2 heterocycles. The molecule has 0 spiro atoms. The SMILES string of the molecule is CC(C)=CCCC1=C[C@@H](CC(C)=CCC[C@]2(C)C=Cc3cc(O)cc(C)c3O2)OC1=O. The summed E-state index contributed by atoms with van der Waals surface area (Å²) in [7, 11) is 0. The maximum Gasteiger partial charge on any atom is 0.334 e. The molecule has 3 rings (SSSR count). The summed E-state index contributed by atoms with van der Waals surface area (Å²) in [5.74, 6) is 0.925. The standard InChI is InChI=1S/C27H34O4/c1-18(2)8-6-10-22-17-24(30-26(22)29)14-19(3)9-7-12-27(5)13-11-21-16-23(28)15-20(4)25(21)31-27/h8-9,11,13,15-17,24,28H,6-7,10,12,14H2,1-5H3/t24-,27-/m1/s1. The summed E-state index contributed by atoms with van der Waals surface area (Å²) >= 11 is 0. The largest absolute Gasteiger partial charge is 0.508 e. The molecular weight excluding hydrogens is 388 g/mol. The van der Waals surface area contributed by atoms with E-state index < -0.39 is 0 Å². The zero-order chi connectivity index (χ0) is 22.6. The first-order chi connectivity index (χ1) is 14.6. The van der Waals surface area contributed by atoms with Crippen LogP contribution in [0, 0.1) is 6.92 Å². The number of carbonyl (C=O) groups is 1.